The Morgan fingerprint density at radius 1 is 1.22 bits per heavy atom. The first-order valence-corrected chi connectivity index (χ1v) is 6.51. The van der Waals surface area contributed by atoms with Crippen molar-refractivity contribution in [3.8, 4) is 11.3 Å². The van der Waals surface area contributed by atoms with Crippen LogP contribution in [-0.2, 0) is 13.5 Å². The summed E-state index contributed by atoms with van der Waals surface area (Å²) in [6, 6.07) is 11.2. The Morgan fingerprint density at radius 3 is 2.50 bits per heavy atom. The normalized spacial score (nSPS) is 12.6. The molecule has 0 aliphatic carbocycles. The molecular weight excluding hydrogens is 222 g/mol. The quantitative estimate of drug-likeness (QED) is 0.875. The van der Waals surface area contributed by atoms with Crippen LogP contribution in [0, 0.1) is 0 Å². The molecule has 0 aliphatic rings. The maximum Gasteiger partial charge on any atom is 0.0923 e. The molecule has 1 heterocycles. The van der Waals surface area contributed by atoms with Crippen LogP contribution in [0.2, 0.25) is 0 Å². The summed E-state index contributed by atoms with van der Waals surface area (Å²) in [4.78, 5) is 0. The van der Waals surface area contributed by atoms with Crippen LogP contribution >= 0.6 is 0 Å². The predicted molar refractivity (Wildman–Crippen MR) is 75.5 cm³/mol. The molecular formula is C15H21N3. The van der Waals surface area contributed by atoms with Crippen molar-refractivity contribution >= 4 is 0 Å². The van der Waals surface area contributed by atoms with Crippen LogP contribution in [0.25, 0.3) is 11.3 Å². The lowest BCUT2D eigenvalue weighted by Gasteiger charge is -2.12. The SMILES string of the molecule is CCNC(C)Cc1ccc(-c2ccn(C)n2)cc1. The predicted octanol–water partition coefficient (Wildman–Crippen LogP) is 2.63. The van der Waals surface area contributed by atoms with Gasteiger partial charge in [0, 0.05) is 24.8 Å². The van der Waals surface area contributed by atoms with Gasteiger partial charge in [0.2, 0.25) is 0 Å². The summed E-state index contributed by atoms with van der Waals surface area (Å²) in [7, 11) is 1.94. The molecule has 3 heteroatoms. The number of benzene rings is 1. The van der Waals surface area contributed by atoms with E-state index in [-0.39, 0.29) is 0 Å². The van der Waals surface area contributed by atoms with Crippen LogP contribution in [0.1, 0.15) is 19.4 Å². The highest BCUT2D eigenvalue weighted by Gasteiger charge is 2.04. The Kier molecular flexibility index (Phi) is 4.15. The molecule has 1 atom stereocenters. The van der Waals surface area contributed by atoms with E-state index in [0.717, 1.165) is 18.7 Å². The standard InChI is InChI=1S/C15H21N3/c1-4-16-12(2)11-13-5-7-14(8-6-13)15-9-10-18(3)17-15/h5-10,12,16H,4,11H2,1-3H3. The third-order valence-corrected chi connectivity index (χ3v) is 3.06. The number of hydrogen-bond donors (Lipinski definition) is 1. The van der Waals surface area contributed by atoms with Gasteiger partial charge in [-0.3, -0.25) is 4.68 Å². The van der Waals surface area contributed by atoms with Gasteiger partial charge in [-0.25, -0.2) is 0 Å². The van der Waals surface area contributed by atoms with E-state index in [9.17, 15) is 0 Å². The molecule has 18 heavy (non-hydrogen) atoms. The average molecular weight is 243 g/mol. The minimum atomic E-state index is 0.524. The number of aryl methyl sites for hydroxylation is 1. The van der Waals surface area contributed by atoms with E-state index in [4.69, 9.17) is 0 Å². The van der Waals surface area contributed by atoms with Gasteiger partial charge in [0.05, 0.1) is 5.69 Å². The van der Waals surface area contributed by atoms with Crippen molar-refractivity contribution in [3.05, 3.63) is 42.1 Å². The van der Waals surface area contributed by atoms with Crippen LogP contribution in [-0.4, -0.2) is 22.4 Å². The molecule has 0 amide bonds. The number of aromatic nitrogens is 2. The van der Waals surface area contributed by atoms with E-state index >= 15 is 0 Å². The van der Waals surface area contributed by atoms with Gasteiger partial charge in [0.1, 0.15) is 0 Å². The summed E-state index contributed by atoms with van der Waals surface area (Å²) < 4.78 is 1.83. The number of hydrogen-bond acceptors (Lipinski definition) is 2. The van der Waals surface area contributed by atoms with Crippen LogP contribution in [0.3, 0.4) is 0 Å². The van der Waals surface area contributed by atoms with E-state index in [0.29, 0.717) is 6.04 Å². The van der Waals surface area contributed by atoms with Gasteiger partial charge in [-0.1, -0.05) is 31.2 Å². The summed E-state index contributed by atoms with van der Waals surface area (Å²) in [5, 5.41) is 7.83. The Labute approximate surface area is 109 Å². The van der Waals surface area contributed by atoms with Crippen molar-refractivity contribution in [2.45, 2.75) is 26.3 Å². The average Bonchev–Trinajstić information content (AvgIpc) is 2.77. The van der Waals surface area contributed by atoms with E-state index in [1.165, 1.54) is 11.1 Å². The fourth-order valence-electron chi connectivity index (χ4n) is 2.15. The number of likely N-dealkylation sites (N-methyl/N-ethyl adjacent to an activating group) is 1. The molecule has 1 unspecified atom stereocenters. The lowest BCUT2D eigenvalue weighted by atomic mass is 10.0. The maximum atomic E-state index is 4.41. The third kappa shape index (κ3) is 3.20. The van der Waals surface area contributed by atoms with Gasteiger partial charge >= 0.3 is 0 Å². The van der Waals surface area contributed by atoms with Crippen LogP contribution in [0.5, 0.6) is 0 Å². The largest absolute Gasteiger partial charge is 0.314 e. The Morgan fingerprint density at radius 2 is 1.94 bits per heavy atom. The minimum absolute atomic E-state index is 0.524. The van der Waals surface area contributed by atoms with E-state index in [1.54, 1.807) is 0 Å². The van der Waals surface area contributed by atoms with Gasteiger partial charge in [0.15, 0.2) is 0 Å². The molecule has 0 saturated heterocycles. The van der Waals surface area contributed by atoms with Crippen molar-refractivity contribution in [3.63, 3.8) is 0 Å². The number of rotatable bonds is 5. The molecule has 2 rings (SSSR count). The highest BCUT2D eigenvalue weighted by atomic mass is 15.2. The molecule has 0 bridgehead atoms. The van der Waals surface area contributed by atoms with Gasteiger partial charge in [0.25, 0.3) is 0 Å². The monoisotopic (exact) mass is 243 g/mol. The minimum Gasteiger partial charge on any atom is -0.314 e. The third-order valence-electron chi connectivity index (χ3n) is 3.06. The Hall–Kier alpha value is -1.61. The van der Waals surface area contributed by atoms with Gasteiger partial charge in [-0.15, -0.1) is 0 Å². The van der Waals surface area contributed by atoms with E-state index < -0.39 is 0 Å². The molecule has 3 nitrogen and oxygen atoms in total. The fraction of sp³-hybridized carbons (Fsp3) is 0.400. The fourth-order valence-corrected chi connectivity index (χ4v) is 2.15. The molecule has 2 aromatic rings. The number of nitrogens with one attached hydrogen (secondary N) is 1. The van der Waals surface area contributed by atoms with Crippen molar-refractivity contribution in [2.75, 3.05) is 6.54 Å². The summed E-state index contributed by atoms with van der Waals surface area (Å²) in [5.74, 6) is 0. The molecule has 0 spiro atoms. The van der Waals surface area contributed by atoms with Crippen LogP contribution in [0.4, 0.5) is 0 Å². The van der Waals surface area contributed by atoms with E-state index in [2.05, 4.69) is 48.5 Å². The summed E-state index contributed by atoms with van der Waals surface area (Å²) in [6.45, 7) is 5.38. The summed E-state index contributed by atoms with van der Waals surface area (Å²) in [5.41, 5.74) is 3.57. The van der Waals surface area contributed by atoms with Crippen molar-refractivity contribution in [2.24, 2.45) is 7.05 Å². The Bertz CT molecular complexity index is 485. The van der Waals surface area contributed by atoms with E-state index in [1.807, 2.05) is 24.0 Å². The zero-order chi connectivity index (χ0) is 13.0. The molecule has 1 aromatic carbocycles. The zero-order valence-corrected chi connectivity index (χ0v) is 11.4. The lowest BCUT2D eigenvalue weighted by molar-refractivity contribution is 0.565. The highest BCUT2D eigenvalue weighted by molar-refractivity contribution is 5.58. The second-order valence-electron chi connectivity index (χ2n) is 4.73. The van der Waals surface area contributed by atoms with Crippen LogP contribution < -0.4 is 5.32 Å². The second kappa shape index (κ2) is 5.83. The zero-order valence-electron chi connectivity index (χ0n) is 11.4. The lowest BCUT2D eigenvalue weighted by Crippen LogP contribution is -2.27. The molecule has 96 valence electrons. The molecule has 0 radical (unpaired) electrons. The first-order chi connectivity index (χ1) is 8.69. The van der Waals surface area contributed by atoms with Crippen molar-refractivity contribution < 1.29 is 0 Å². The first kappa shape index (κ1) is 12.8. The molecule has 0 fully saturated rings. The van der Waals surface area contributed by atoms with Gasteiger partial charge < -0.3 is 5.32 Å². The highest BCUT2D eigenvalue weighted by Crippen LogP contribution is 2.17. The maximum absolute atomic E-state index is 4.41. The van der Waals surface area contributed by atoms with Gasteiger partial charge in [-0.2, -0.15) is 5.10 Å². The summed E-state index contributed by atoms with van der Waals surface area (Å²) in [6.07, 6.45) is 3.03. The van der Waals surface area contributed by atoms with Crippen LogP contribution in [0.15, 0.2) is 36.5 Å². The smallest absolute Gasteiger partial charge is 0.0923 e. The molecule has 1 N–H and O–H groups in total. The molecule has 0 aliphatic heterocycles. The topological polar surface area (TPSA) is 29.9 Å². The number of nitrogens with zero attached hydrogens (tertiary/aromatic N) is 2. The van der Waals surface area contributed by atoms with Crippen molar-refractivity contribution in [1.82, 2.24) is 15.1 Å². The first-order valence-electron chi connectivity index (χ1n) is 6.51. The Balaban J connectivity index is 2.06. The summed E-state index contributed by atoms with van der Waals surface area (Å²) >= 11 is 0. The molecule has 0 saturated carbocycles. The second-order valence-corrected chi connectivity index (χ2v) is 4.73. The van der Waals surface area contributed by atoms with Crippen molar-refractivity contribution in [1.29, 1.82) is 0 Å². The van der Waals surface area contributed by atoms with Gasteiger partial charge in [-0.05, 0) is 31.5 Å². The molecule has 1 aromatic heterocycles.